The Bertz CT molecular complexity index is 454. The van der Waals surface area contributed by atoms with E-state index >= 15 is 0 Å². The fourth-order valence-electron chi connectivity index (χ4n) is 2.37. The lowest BCUT2D eigenvalue weighted by Gasteiger charge is -2.37. The molecule has 1 heterocycles. The molecule has 5 heteroatoms. The highest BCUT2D eigenvalue weighted by atomic mass is 35.5. The van der Waals surface area contributed by atoms with Crippen molar-refractivity contribution in [3.63, 3.8) is 0 Å². The standard InChI is InChI=1S/C13H16ClNO3/c1-8-6-15(7-9(2)18-8)12-10(13(16)17)4-3-5-11(12)14/h3-5,8-9H,6-7H2,1-2H3,(H,16,17)/t8-,9+. The summed E-state index contributed by atoms with van der Waals surface area (Å²) in [4.78, 5) is 13.3. The molecule has 0 unspecified atom stereocenters. The maximum Gasteiger partial charge on any atom is 0.337 e. The fraction of sp³-hybridized carbons (Fsp3) is 0.462. The molecule has 18 heavy (non-hydrogen) atoms. The van der Waals surface area contributed by atoms with Crippen molar-refractivity contribution in [3.8, 4) is 0 Å². The highest BCUT2D eigenvalue weighted by Crippen LogP contribution is 2.32. The third-order valence-electron chi connectivity index (χ3n) is 2.95. The van der Waals surface area contributed by atoms with Gasteiger partial charge in [0.1, 0.15) is 0 Å². The van der Waals surface area contributed by atoms with Gasteiger partial charge in [0.05, 0.1) is 28.5 Å². The summed E-state index contributed by atoms with van der Waals surface area (Å²) in [5, 5.41) is 9.70. The van der Waals surface area contributed by atoms with E-state index in [-0.39, 0.29) is 17.8 Å². The number of aromatic carboxylic acids is 1. The topological polar surface area (TPSA) is 49.8 Å². The lowest BCUT2D eigenvalue weighted by Crippen LogP contribution is -2.46. The lowest BCUT2D eigenvalue weighted by molar-refractivity contribution is -0.00531. The monoisotopic (exact) mass is 269 g/mol. The van der Waals surface area contributed by atoms with Gasteiger partial charge in [0.2, 0.25) is 0 Å². The number of morpholine rings is 1. The number of hydrogen-bond acceptors (Lipinski definition) is 3. The molecule has 1 saturated heterocycles. The third kappa shape index (κ3) is 2.60. The van der Waals surface area contributed by atoms with E-state index in [9.17, 15) is 9.90 Å². The second-order valence-corrected chi connectivity index (χ2v) is 5.01. The highest BCUT2D eigenvalue weighted by molar-refractivity contribution is 6.34. The summed E-state index contributed by atoms with van der Waals surface area (Å²) in [6.45, 7) is 5.24. The summed E-state index contributed by atoms with van der Waals surface area (Å²) in [6, 6.07) is 4.95. The van der Waals surface area contributed by atoms with Crippen LogP contribution in [-0.4, -0.2) is 36.4 Å². The Labute approximate surface area is 111 Å². The van der Waals surface area contributed by atoms with Gasteiger partial charge in [-0.15, -0.1) is 0 Å². The first-order chi connectivity index (χ1) is 8.49. The van der Waals surface area contributed by atoms with Gasteiger partial charge >= 0.3 is 5.97 Å². The maximum absolute atomic E-state index is 11.3. The predicted octanol–water partition coefficient (Wildman–Crippen LogP) is 2.65. The van der Waals surface area contributed by atoms with Crippen molar-refractivity contribution in [2.45, 2.75) is 26.1 Å². The van der Waals surface area contributed by atoms with Gasteiger partial charge in [-0.3, -0.25) is 0 Å². The molecule has 0 bridgehead atoms. The van der Waals surface area contributed by atoms with Crippen molar-refractivity contribution in [1.29, 1.82) is 0 Å². The van der Waals surface area contributed by atoms with Crippen LogP contribution in [0.15, 0.2) is 18.2 Å². The molecule has 1 aromatic carbocycles. The summed E-state index contributed by atoms with van der Waals surface area (Å²) in [5.41, 5.74) is 0.831. The molecular formula is C13H16ClNO3. The minimum Gasteiger partial charge on any atom is -0.478 e. The Hall–Kier alpha value is -1.26. The number of ether oxygens (including phenoxy) is 1. The average Bonchev–Trinajstić information content (AvgIpc) is 2.26. The van der Waals surface area contributed by atoms with E-state index in [1.165, 1.54) is 0 Å². The molecule has 2 rings (SSSR count). The molecule has 0 spiro atoms. The summed E-state index contributed by atoms with van der Waals surface area (Å²) in [5.74, 6) is -0.959. The molecule has 1 N–H and O–H groups in total. The van der Waals surface area contributed by atoms with E-state index in [4.69, 9.17) is 16.3 Å². The van der Waals surface area contributed by atoms with Gasteiger partial charge in [-0.2, -0.15) is 0 Å². The van der Waals surface area contributed by atoms with Gasteiger partial charge in [-0.25, -0.2) is 4.79 Å². The molecule has 1 aliphatic rings. The molecule has 0 saturated carbocycles. The summed E-state index contributed by atoms with van der Waals surface area (Å²) < 4.78 is 5.65. The number of para-hydroxylation sites is 1. The van der Waals surface area contributed by atoms with E-state index in [1.54, 1.807) is 18.2 Å². The first-order valence-electron chi connectivity index (χ1n) is 5.91. The Morgan fingerprint density at radius 1 is 1.39 bits per heavy atom. The molecule has 1 aliphatic heterocycles. The van der Waals surface area contributed by atoms with Crippen molar-refractivity contribution in [2.24, 2.45) is 0 Å². The van der Waals surface area contributed by atoms with Gasteiger partial charge in [-0.05, 0) is 26.0 Å². The van der Waals surface area contributed by atoms with Gasteiger partial charge in [-0.1, -0.05) is 17.7 Å². The highest BCUT2D eigenvalue weighted by Gasteiger charge is 2.27. The molecular weight excluding hydrogens is 254 g/mol. The zero-order valence-corrected chi connectivity index (χ0v) is 11.1. The third-order valence-corrected chi connectivity index (χ3v) is 3.26. The summed E-state index contributed by atoms with van der Waals surface area (Å²) in [7, 11) is 0. The number of halogens is 1. The van der Waals surface area contributed by atoms with Crippen LogP contribution in [-0.2, 0) is 4.74 Å². The van der Waals surface area contributed by atoms with E-state index in [0.717, 1.165) is 0 Å². The summed E-state index contributed by atoms with van der Waals surface area (Å²) in [6.07, 6.45) is 0.123. The van der Waals surface area contributed by atoms with Crippen LogP contribution in [0.3, 0.4) is 0 Å². The number of carboxylic acids is 1. The van der Waals surface area contributed by atoms with Gasteiger partial charge in [0.15, 0.2) is 0 Å². The molecule has 98 valence electrons. The number of rotatable bonds is 2. The van der Waals surface area contributed by atoms with Crippen LogP contribution in [0.25, 0.3) is 0 Å². The number of anilines is 1. The fourth-order valence-corrected chi connectivity index (χ4v) is 2.66. The van der Waals surface area contributed by atoms with Gasteiger partial charge in [0.25, 0.3) is 0 Å². The van der Waals surface area contributed by atoms with Crippen molar-refractivity contribution in [2.75, 3.05) is 18.0 Å². The predicted molar refractivity (Wildman–Crippen MR) is 70.6 cm³/mol. The Kier molecular flexibility index (Phi) is 3.78. The molecule has 0 aromatic heterocycles. The maximum atomic E-state index is 11.3. The van der Waals surface area contributed by atoms with Gasteiger partial charge in [0, 0.05) is 13.1 Å². The minimum absolute atomic E-state index is 0.0617. The minimum atomic E-state index is -0.959. The molecule has 0 radical (unpaired) electrons. The number of nitrogens with zero attached hydrogens (tertiary/aromatic N) is 1. The molecule has 1 fully saturated rings. The Morgan fingerprint density at radius 2 is 2.00 bits per heavy atom. The second kappa shape index (κ2) is 5.16. The van der Waals surface area contributed by atoms with Crippen molar-refractivity contribution < 1.29 is 14.6 Å². The number of hydrogen-bond donors (Lipinski definition) is 1. The summed E-state index contributed by atoms with van der Waals surface area (Å²) >= 11 is 6.16. The SMILES string of the molecule is C[C@@H]1CN(c2c(Cl)cccc2C(=O)O)C[C@H](C)O1. The second-order valence-electron chi connectivity index (χ2n) is 4.60. The molecule has 4 nitrogen and oxygen atoms in total. The first-order valence-corrected chi connectivity index (χ1v) is 6.29. The Morgan fingerprint density at radius 3 is 2.56 bits per heavy atom. The van der Waals surface area contributed by atoms with E-state index in [2.05, 4.69) is 0 Å². The van der Waals surface area contributed by atoms with E-state index in [0.29, 0.717) is 23.8 Å². The van der Waals surface area contributed by atoms with Crippen LogP contribution in [0, 0.1) is 0 Å². The number of benzene rings is 1. The average molecular weight is 270 g/mol. The Balaban J connectivity index is 2.40. The smallest absolute Gasteiger partial charge is 0.337 e. The van der Waals surface area contributed by atoms with Crippen LogP contribution in [0.5, 0.6) is 0 Å². The van der Waals surface area contributed by atoms with Crippen molar-refractivity contribution in [3.05, 3.63) is 28.8 Å². The van der Waals surface area contributed by atoms with Crippen molar-refractivity contribution >= 4 is 23.3 Å². The molecule has 1 aromatic rings. The molecule has 2 atom stereocenters. The van der Waals surface area contributed by atoms with Crippen LogP contribution in [0.4, 0.5) is 5.69 Å². The lowest BCUT2D eigenvalue weighted by atomic mass is 10.1. The zero-order chi connectivity index (χ0) is 13.3. The molecule has 0 amide bonds. The van der Waals surface area contributed by atoms with Crippen LogP contribution in [0.2, 0.25) is 5.02 Å². The van der Waals surface area contributed by atoms with Crippen molar-refractivity contribution in [1.82, 2.24) is 0 Å². The van der Waals surface area contributed by atoms with Crippen LogP contribution < -0.4 is 4.90 Å². The molecule has 0 aliphatic carbocycles. The van der Waals surface area contributed by atoms with Crippen LogP contribution >= 0.6 is 11.6 Å². The zero-order valence-electron chi connectivity index (χ0n) is 10.4. The number of carboxylic acid groups (broad SMARTS) is 1. The normalized spacial score (nSPS) is 24.1. The van der Waals surface area contributed by atoms with Crippen LogP contribution in [0.1, 0.15) is 24.2 Å². The van der Waals surface area contributed by atoms with E-state index in [1.807, 2.05) is 18.7 Å². The quantitative estimate of drug-likeness (QED) is 0.897. The first kappa shape index (κ1) is 13.2. The van der Waals surface area contributed by atoms with Gasteiger partial charge < -0.3 is 14.7 Å². The largest absolute Gasteiger partial charge is 0.478 e. The number of carbonyl (C=O) groups is 1. The van der Waals surface area contributed by atoms with E-state index < -0.39 is 5.97 Å².